The lowest BCUT2D eigenvalue weighted by atomic mass is 9.96. The molecule has 0 saturated carbocycles. The predicted octanol–water partition coefficient (Wildman–Crippen LogP) is 3.10. The highest BCUT2D eigenvalue weighted by Gasteiger charge is 2.16. The molecule has 1 unspecified atom stereocenters. The average Bonchev–Trinajstić information content (AvgIpc) is 2.93. The van der Waals surface area contributed by atoms with Crippen LogP contribution in [-0.4, -0.2) is 24.5 Å². The van der Waals surface area contributed by atoms with E-state index in [2.05, 4.69) is 34.5 Å². The van der Waals surface area contributed by atoms with E-state index < -0.39 is 0 Å². The zero-order valence-electron chi connectivity index (χ0n) is 11.2. The van der Waals surface area contributed by atoms with Crippen LogP contribution < -0.4 is 5.32 Å². The Balaban J connectivity index is 1.67. The molecule has 2 heteroatoms. The maximum Gasteiger partial charge on any atom is 0.0320 e. The van der Waals surface area contributed by atoms with Crippen molar-refractivity contribution in [3.8, 4) is 0 Å². The van der Waals surface area contributed by atoms with Gasteiger partial charge in [-0.3, -0.25) is 4.90 Å². The van der Waals surface area contributed by atoms with E-state index in [1.165, 1.54) is 62.9 Å². The van der Waals surface area contributed by atoms with Crippen molar-refractivity contribution in [1.82, 2.24) is 10.2 Å². The first-order valence-corrected chi connectivity index (χ1v) is 7.46. The van der Waals surface area contributed by atoms with Crippen molar-refractivity contribution >= 4 is 0 Å². The van der Waals surface area contributed by atoms with Crippen molar-refractivity contribution in [3.05, 3.63) is 35.4 Å². The van der Waals surface area contributed by atoms with Gasteiger partial charge >= 0.3 is 0 Å². The molecule has 1 N–H and O–H groups in total. The maximum atomic E-state index is 3.64. The van der Waals surface area contributed by atoms with Crippen molar-refractivity contribution in [2.75, 3.05) is 19.6 Å². The second-order valence-corrected chi connectivity index (χ2v) is 5.73. The fraction of sp³-hybridized carbons (Fsp3) is 0.625. The van der Waals surface area contributed by atoms with Crippen LogP contribution in [0.25, 0.3) is 0 Å². The van der Waals surface area contributed by atoms with Crippen LogP contribution in [0.5, 0.6) is 0 Å². The minimum absolute atomic E-state index is 0.595. The summed E-state index contributed by atoms with van der Waals surface area (Å²) in [7, 11) is 0. The first kappa shape index (κ1) is 12.2. The van der Waals surface area contributed by atoms with Gasteiger partial charge in [0.05, 0.1) is 0 Å². The molecule has 1 aromatic rings. The Hall–Kier alpha value is -0.860. The van der Waals surface area contributed by atoms with Gasteiger partial charge in [-0.2, -0.15) is 0 Å². The molecule has 0 bridgehead atoms. The second kappa shape index (κ2) is 5.85. The fourth-order valence-corrected chi connectivity index (χ4v) is 3.24. The van der Waals surface area contributed by atoms with Crippen LogP contribution in [-0.2, 0) is 6.54 Å². The number of piperidine rings is 1. The average molecular weight is 244 g/mol. The zero-order chi connectivity index (χ0) is 12.2. The summed E-state index contributed by atoms with van der Waals surface area (Å²) in [5.41, 5.74) is 2.98. The highest BCUT2D eigenvalue weighted by molar-refractivity contribution is 5.26. The molecule has 1 atom stereocenters. The Morgan fingerprint density at radius 1 is 1.11 bits per heavy atom. The van der Waals surface area contributed by atoms with Crippen LogP contribution in [0.15, 0.2) is 24.3 Å². The Bertz CT molecular complexity index is 376. The van der Waals surface area contributed by atoms with Gasteiger partial charge in [-0.1, -0.05) is 30.7 Å². The van der Waals surface area contributed by atoms with Crippen molar-refractivity contribution in [1.29, 1.82) is 0 Å². The number of hydrogen-bond donors (Lipinski definition) is 1. The Morgan fingerprint density at radius 3 is 2.78 bits per heavy atom. The lowest BCUT2D eigenvalue weighted by molar-refractivity contribution is 0.331. The molecule has 3 rings (SSSR count). The largest absolute Gasteiger partial charge is 0.310 e. The number of nitrogens with zero attached hydrogens (tertiary/aromatic N) is 1. The van der Waals surface area contributed by atoms with Crippen LogP contribution in [0, 0.1) is 0 Å². The number of benzene rings is 1. The molecule has 2 fully saturated rings. The summed E-state index contributed by atoms with van der Waals surface area (Å²) in [6.07, 6.45) is 6.76. The van der Waals surface area contributed by atoms with E-state index in [1.54, 1.807) is 0 Å². The minimum Gasteiger partial charge on any atom is -0.310 e. The van der Waals surface area contributed by atoms with Crippen LogP contribution >= 0.6 is 0 Å². The number of nitrogens with one attached hydrogen (secondary N) is 1. The van der Waals surface area contributed by atoms with E-state index in [4.69, 9.17) is 0 Å². The smallest absolute Gasteiger partial charge is 0.0320 e. The molecule has 0 radical (unpaired) electrons. The summed E-state index contributed by atoms with van der Waals surface area (Å²) in [4.78, 5) is 2.58. The Labute approximate surface area is 110 Å². The van der Waals surface area contributed by atoms with E-state index in [0.29, 0.717) is 6.04 Å². The van der Waals surface area contributed by atoms with Gasteiger partial charge < -0.3 is 5.32 Å². The lowest BCUT2D eigenvalue weighted by Gasteiger charge is -2.24. The first-order chi connectivity index (χ1) is 8.92. The van der Waals surface area contributed by atoms with Gasteiger partial charge in [0.25, 0.3) is 0 Å². The third-order valence-electron chi connectivity index (χ3n) is 4.27. The first-order valence-electron chi connectivity index (χ1n) is 7.46. The van der Waals surface area contributed by atoms with Crippen LogP contribution in [0.1, 0.15) is 49.3 Å². The summed E-state index contributed by atoms with van der Waals surface area (Å²) < 4.78 is 0. The van der Waals surface area contributed by atoms with E-state index in [0.717, 1.165) is 6.54 Å². The predicted molar refractivity (Wildman–Crippen MR) is 75.5 cm³/mol. The zero-order valence-corrected chi connectivity index (χ0v) is 11.2. The van der Waals surface area contributed by atoms with Crippen molar-refractivity contribution < 1.29 is 0 Å². The van der Waals surface area contributed by atoms with Crippen LogP contribution in [0.4, 0.5) is 0 Å². The molecule has 98 valence electrons. The van der Waals surface area contributed by atoms with Crippen LogP contribution in [0.3, 0.4) is 0 Å². The Kier molecular flexibility index (Phi) is 3.96. The number of hydrogen-bond acceptors (Lipinski definition) is 2. The molecule has 2 heterocycles. The Morgan fingerprint density at radius 2 is 2.00 bits per heavy atom. The van der Waals surface area contributed by atoms with E-state index in [1.807, 2.05) is 0 Å². The molecule has 2 saturated heterocycles. The molecule has 2 aliphatic rings. The summed E-state index contributed by atoms with van der Waals surface area (Å²) in [5, 5.41) is 3.64. The van der Waals surface area contributed by atoms with Gasteiger partial charge in [0.2, 0.25) is 0 Å². The molecular weight excluding hydrogens is 220 g/mol. The number of likely N-dealkylation sites (tertiary alicyclic amines) is 1. The second-order valence-electron chi connectivity index (χ2n) is 5.73. The minimum atomic E-state index is 0.595. The number of rotatable bonds is 3. The standard InChI is InChI=1S/C16H24N2/c1-2-9-17-16(8-1)15-7-5-6-14(12-15)13-18-10-3-4-11-18/h5-7,12,16-17H,1-4,8-11,13H2. The molecule has 0 spiro atoms. The molecule has 0 aliphatic carbocycles. The molecule has 18 heavy (non-hydrogen) atoms. The third-order valence-corrected chi connectivity index (χ3v) is 4.27. The van der Waals surface area contributed by atoms with Gasteiger partial charge in [0.1, 0.15) is 0 Å². The molecule has 2 nitrogen and oxygen atoms in total. The van der Waals surface area contributed by atoms with Gasteiger partial charge in [-0.05, 0) is 56.4 Å². The molecule has 1 aromatic carbocycles. The third kappa shape index (κ3) is 2.93. The molecule has 0 aromatic heterocycles. The van der Waals surface area contributed by atoms with Gasteiger partial charge in [-0.25, -0.2) is 0 Å². The highest BCUT2D eigenvalue weighted by atomic mass is 15.1. The summed E-state index contributed by atoms with van der Waals surface area (Å²) in [6.45, 7) is 4.89. The fourth-order valence-electron chi connectivity index (χ4n) is 3.24. The quantitative estimate of drug-likeness (QED) is 0.879. The lowest BCUT2D eigenvalue weighted by Crippen LogP contribution is -2.27. The maximum absolute atomic E-state index is 3.64. The summed E-state index contributed by atoms with van der Waals surface area (Å²) in [6, 6.07) is 9.82. The van der Waals surface area contributed by atoms with Crippen molar-refractivity contribution in [3.63, 3.8) is 0 Å². The molecule has 0 amide bonds. The topological polar surface area (TPSA) is 15.3 Å². The van der Waals surface area contributed by atoms with Gasteiger partial charge in [0.15, 0.2) is 0 Å². The summed E-state index contributed by atoms with van der Waals surface area (Å²) in [5.74, 6) is 0. The van der Waals surface area contributed by atoms with Crippen molar-refractivity contribution in [2.45, 2.75) is 44.7 Å². The van der Waals surface area contributed by atoms with E-state index in [-0.39, 0.29) is 0 Å². The SMILES string of the molecule is c1cc(CN2CCCC2)cc(C2CCCCN2)c1. The van der Waals surface area contributed by atoms with Crippen LogP contribution in [0.2, 0.25) is 0 Å². The highest BCUT2D eigenvalue weighted by Crippen LogP contribution is 2.24. The van der Waals surface area contributed by atoms with Crippen molar-refractivity contribution in [2.24, 2.45) is 0 Å². The normalized spacial score (nSPS) is 25.4. The molecular formula is C16H24N2. The van der Waals surface area contributed by atoms with Gasteiger partial charge in [-0.15, -0.1) is 0 Å². The molecule has 2 aliphatic heterocycles. The van der Waals surface area contributed by atoms with E-state index in [9.17, 15) is 0 Å². The van der Waals surface area contributed by atoms with Gasteiger partial charge in [0, 0.05) is 12.6 Å². The summed E-state index contributed by atoms with van der Waals surface area (Å²) >= 11 is 0. The van der Waals surface area contributed by atoms with E-state index >= 15 is 0 Å². The monoisotopic (exact) mass is 244 g/mol.